The molecule has 0 aliphatic rings. The summed E-state index contributed by atoms with van der Waals surface area (Å²) >= 11 is 0. The SMILES string of the molecule is CC(C)[C@@H](NC(=O)c1ccc(F)cc1)C(=O)OCC(=O)c1ccccc1F. The standard InChI is InChI=1S/C20H19F2NO4/c1-12(2)18(23-19(25)13-7-9-14(21)10-8-13)20(26)27-11-17(24)15-5-3-4-6-16(15)22/h3-10,12,18H,11H2,1-2H3,(H,23,25)/t18-/m1/s1. The van der Waals surface area contributed by atoms with Gasteiger partial charge in [-0.3, -0.25) is 9.59 Å². The van der Waals surface area contributed by atoms with Crippen molar-refractivity contribution in [2.24, 2.45) is 5.92 Å². The first-order valence-electron chi connectivity index (χ1n) is 8.30. The van der Waals surface area contributed by atoms with Crippen LogP contribution in [0.1, 0.15) is 34.6 Å². The van der Waals surface area contributed by atoms with Crippen LogP contribution in [0, 0.1) is 17.6 Å². The van der Waals surface area contributed by atoms with Gasteiger partial charge in [0.05, 0.1) is 5.56 Å². The van der Waals surface area contributed by atoms with Crippen molar-refractivity contribution >= 4 is 17.7 Å². The van der Waals surface area contributed by atoms with Gasteiger partial charge < -0.3 is 10.1 Å². The smallest absolute Gasteiger partial charge is 0.329 e. The maximum atomic E-state index is 13.6. The minimum Gasteiger partial charge on any atom is -0.456 e. The highest BCUT2D eigenvalue weighted by Gasteiger charge is 2.27. The predicted molar refractivity (Wildman–Crippen MR) is 94.2 cm³/mol. The van der Waals surface area contributed by atoms with Crippen molar-refractivity contribution in [3.8, 4) is 0 Å². The molecule has 0 unspecified atom stereocenters. The van der Waals surface area contributed by atoms with Crippen molar-refractivity contribution < 1.29 is 27.9 Å². The molecular formula is C20H19F2NO4. The van der Waals surface area contributed by atoms with Crippen molar-refractivity contribution in [3.63, 3.8) is 0 Å². The molecule has 2 rings (SSSR count). The van der Waals surface area contributed by atoms with E-state index in [1.54, 1.807) is 13.8 Å². The molecule has 0 heterocycles. The lowest BCUT2D eigenvalue weighted by atomic mass is 10.0. The second-order valence-corrected chi connectivity index (χ2v) is 6.21. The fraction of sp³-hybridized carbons (Fsp3) is 0.250. The van der Waals surface area contributed by atoms with E-state index in [1.165, 1.54) is 30.3 Å². The number of hydrogen-bond donors (Lipinski definition) is 1. The Bertz CT molecular complexity index is 834. The predicted octanol–water partition coefficient (Wildman–Crippen LogP) is 3.15. The molecule has 2 aromatic carbocycles. The number of rotatable bonds is 7. The average molecular weight is 375 g/mol. The lowest BCUT2D eigenvalue weighted by Gasteiger charge is -2.20. The molecule has 27 heavy (non-hydrogen) atoms. The van der Waals surface area contributed by atoms with E-state index in [0.717, 1.165) is 18.2 Å². The number of ketones is 1. The molecule has 7 heteroatoms. The van der Waals surface area contributed by atoms with E-state index in [4.69, 9.17) is 4.74 Å². The highest BCUT2D eigenvalue weighted by Crippen LogP contribution is 2.10. The largest absolute Gasteiger partial charge is 0.456 e. The number of hydrogen-bond acceptors (Lipinski definition) is 4. The molecule has 0 radical (unpaired) electrons. The van der Waals surface area contributed by atoms with Gasteiger partial charge in [0.1, 0.15) is 17.7 Å². The van der Waals surface area contributed by atoms with E-state index in [2.05, 4.69) is 5.32 Å². The number of amides is 1. The highest BCUT2D eigenvalue weighted by atomic mass is 19.1. The molecule has 0 aliphatic heterocycles. The van der Waals surface area contributed by atoms with Crippen LogP contribution in [0.25, 0.3) is 0 Å². The van der Waals surface area contributed by atoms with Gasteiger partial charge in [0.15, 0.2) is 6.61 Å². The van der Waals surface area contributed by atoms with Crippen LogP contribution in [0.2, 0.25) is 0 Å². The molecule has 1 amide bonds. The summed E-state index contributed by atoms with van der Waals surface area (Å²) in [4.78, 5) is 36.5. The molecule has 0 saturated heterocycles. The van der Waals surface area contributed by atoms with Gasteiger partial charge in [-0.1, -0.05) is 26.0 Å². The summed E-state index contributed by atoms with van der Waals surface area (Å²) in [7, 11) is 0. The van der Waals surface area contributed by atoms with Crippen molar-refractivity contribution in [2.45, 2.75) is 19.9 Å². The van der Waals surface area contributed by atoms with E-state index in [-0.39, 0.29) is 17.0 Å². The first kappa shape index (κ1) is 20.2. The molecule has 2 aromatic rings. The van der Waals surface area contributed by atoms with E-state index >= 15 is 0 Å². The summed E-state index contributed by atoms with van der Waals surface area (Å²) in [6.45, 7) is 2.74. The van der Waals surface area contributed by atoms with Crippen LogP contribution in [0.3, 0.4) is 0 Å². The van der Waals surface area contributed by atoms with Crippen LogP contribution in [0.5, 0.6) is 0 Å². The third kappa shape index (κ3) is 5.44. The van der Waals surface area contributed by atoms with Crippen molar-refractivity contribution in [3.05, 3.63) is 71.3 Å². The molecule has 0 fully saturated rings. The number of carbonyl (C=O) groups excluding carboxylic acids is 3. The third-order valence-corrected chi connectivity index (χ3v) is 3.83. The summed E-state index contributed by atoms with van der Waals surface area (Å²) in [5, 5.41) is 2.51. The number of Topliss-reactive ketones (excluding diaryl/α,β-unsaturated/α-hetero) is 1. The maximum absolute atomic E-state index is 13.6. The zero-order valence-corrected chi connectivity index (χ0v) is 14.9. The average Bonchev–Trinajstić information content (AvgIpc) is 2.64. The van der Waals surface area contributed by atoms with Crippen LogP contribution in [0.4, 0.5) is 8.78 Å². The molecule has 0 saturated carbocycles. The number of nitrogens with one attached hydrogen (secondary N) is 1. The fourth-order valence-corrected chi connectivity index (χ4v) is 2.32. The van der Waals surface area contributed by atoms with Gasteiger partial charge in [-0.05, 0) is 42.3 Å². The van der Waals surface area contributed by atoms with Gasteiger partial charge in [0.25, 0.3) is 5.91 Å². The van der Waals surface area contributed by atoms with Gasteiger partial charge in [-0.2, -0.15) is 0 Å². The Morgan fingerprint density at radius 3 is 2.22 bits per heavy atom. The van der Waals surface area contributed by atoms with Crippen LogP contribution < -0.4 is 5.32 Å². The lowest BCUT2D eigenvalue weighted by Crippen LogP contribution is -2.45. The molecule has 0 spiro atoms. The lowest BCUT2D eigenvalue weighted by molar-refractivity contribution is -0.145. The zero-order valence-electron chi connectivity index (χ0n) is 14.9. The molecule has 0 aromatic heterocycles. The summed E-state index contributed by atoms with van der Waals surface area (Å²) in [6.07, 6.45) is 0. The van der Waals surface area contributed by atoms with E-state index < -0.39 is 41.9 Å². The molecule has 0 aliphatic carbocycles. The molecule has 1 N–H and O–H groups in total. The van der Waals surface area contributed by atoms with E-state index in [1.807, 2.05) is 0 Å². The first-order valence-corrected chi connectivity index (χ1v) is 8.30. The quantitative estimate of drug-likeness (QED) is 0.596. The Balaban J connectivity index is 2.00. The number of benzene rings is 2. The van der Waals surface area contributed by atoms with Crippen molar-refractivity contribution in [1.82, 2.24) is 5.32 Å². The summed E-state index contributed by atoms with van der Waals surface area (Å²) in [5.41, 5.74) is -0.000900. The van der Waals surface area contributed by atoms with Crippen molar-refractivity contribution in [1.29, 1.82) is 0 Å². The molecule has 5 nitrogen and oxygen atoms in total. The normalized spacial score (nSPS) is 11.7. The van der Waals surface area contributed by atoms with Crippen LogP contribution in [0.15, 0.2) is 48.5 Å². The Labute approximate surface area is 155 Å². The number of ether oxygens (including phenoxy) is 1. The molecular weight excluding hydrogens is 356 g/mol. The van der Waals surface area contributed by atoms with Gasteiger partial charge >= 0.3 is 5.97 Å². The monoisotopic (exact) mass is 375 g/mol. The molecule has 142 valence electrons. The van der Waals surface area contributed by atoms with Gasteiger partial charge in [-0.25, -0.2) is 13.6 Å². The molecule has 0 bridgehead atoms. The third-order valence-electron chi connectivity index (χ3n) is 3.83. The number of esters is 1. The minimum absolute atomic E-state index is 0.178. The Morgan fingerprint density at radius 1 is 1.00 bits per heavy atom. The second-order valence-electron chi connectivity index (χ2n) is 6.21. The minimum atomic E-state index is -1.02. The van der Waals surface area contributed by atoms with Crippen LogP contribution >= 0.6 is 0 Å². The number of halogens is 2. The Kier molecular flexibility index (Phi) is 6.76. The van der Waals surface area contributed by atoms with Crippen LogP contribution in [-0.4, -0.2) is 30.3 Å². The first-order chi connectivity index (χ1) is 12.8. The Morgan fingerprint density at radius 2 is 1.63 bits per heavy atom. The van der Waals surface area contributed by atoms with Gasteiger partial charge in [0.2, 0.25) is 5.78 Å². The Hall–Kier alpha value is -3.09. The summed E-state index contributed by atoms with van der Waals surface area (Å²) in [5.74, 6) is -3.60. The van der Waals surface area contributed by atoms with Crippen molar-refractivity contribution in [2.75, 3.05) is 6.61 Å². The van der Waals surface area contributed by atoms with Crippen LogP contribution in [-0.2, 0) is 9.53 Å². The molecule has 1 atom stereocenters. The van der Waals surface area contributed by atoms with E-state index in [9.17, 15) is 23.2 Å². The number of carbonyl (C=O) groups is 3. The van der Waals surface area contributed by atoms with Gasteiger partial charge in [0, 0.05) is 5.56 Å². The van der Waals surface area contributed by atoms with E-state index in [0.29, 0.717) is 0 Å². The zero-order chi connectivity index (χ0) is 20.0. The van der Waals surface area contributed by atoms with Gasteiger partial charge in [-0.15, -0.1) is 0 Å². The second kappa shape index (κ2) is 9.02. The highest BCUT2D eigenvalue weighted by molar-refractivity contribution is 5.99. The maximum Gasteiger partial charge on any atom is 0.329 e. The fourth-order valence-electron chi connectivity index (χ4n) is 2.32. The summed E-state index contributed by atoms with van der Waals surface area (Å²) < 4.78 is 31.5. The summed E-state index contributed by atoms with van der Waals surface area (Å²) in [6, 6.07) is 9.18. The topological polar surface area (TPSA) is 72.5 Å².